The Labute approximate surface area is 220 Å². The van der Waals surface area contributed by atoms with Crippen molar-refractivity contribution in [2.24, 2.45) is 0 Å². The van der Waals surface area contributed by atoms with Gasteiger partial charge >= 0.3 is 0 Å². The number of hydrogen-bond acceptors (Lipinski definition) is 5. The zero-order valence-corrected chi connectivity index (χ0v) is 21.1. The molecule has 1 spiro atoms. The molecule has 0 unspecified atom stereocenters. The Kier molecular flexibility index (Phi) is 7.00. The number of likely N-dealkylation sites (tertiary alicyclic amines) is 1. The van der Waals surface area contributed by atoms with Crippen LogP contribution in [0, 0.1) is 5.82 Å². The summed E-state index contributed by atoms with van der Waals surface area (Å²) in [4.78, 5) is 45.0. The van der Waals surface area contributed by atoms with E-state index in [1.54, 1.807) is 47.2 Å². The molecule has 0 saturated carbocycles. The van der Waals surface area contributed by atoms with Gasteiger partial charge in [0.05, 0.1) is 13.8 Å². The normalized spacial score (nSPS) is 16.6. The molecule has 0 atom stereocenters. The average Bonchev–Trinajstić information content (AvgIpc) is 3.20. The molecule has 2 fully saturated rings. The van der Waals surface area contributed by atoms with E-state index < -0.39 is 11.4 Å². The van der Waals surface area contributed by atoms with Crippen molar-refractivity contribution in [3.8, 4) is 5.75 Å². The van der Waals surface area contributed by atoms with Gasteiger partial charge in [-0.25, -0.2) is 4.39 Å². The lowest BCUT2D eigenvalue weighted by atomic mass is 9.85. The predicted molar refractivity (Wildman–Crippen MR) is 141 cm³/mol. The molecular formula is C29H29FN4O4. The molecule has 3 amide bonds. The molecule has 2 saturated heterocycles. The topological polar surface area (TPSA) is 82.2 Å². The molecule has 2 aliphatic heterocycles. The molecule has 0 aromatic heterocycles. The summed E-state index contributed by atoms with van der Waals surface area (Å²) in [6, 6.07) is 22.2. The maximum atomic E-state index is 13.9. The van der Waals surface area contributed by atoms with E-state index in [4.69, 9.17) is 4.74 Å². The van der Waals surface area contributed by atoms with Crippen LogP contribution in [0.1, 0.15) is 23.2 Å². The van der Waals surface area contributed by atoms with Gasteiger partial charge in [0, 0.05) is 30.0 Å². The molecule has 196 valence electrons. The Hall–Kier alpha value is -4.40. The van der Waals surface area contributed by atoms with Crippen LogP contribution in [0.5, 0.6) is 5.75 Å². The van der Waals surface area contributed by atoms with Crippen molar-refractivity contribution in [1.29, 1.82) is 0 Å². The van der Waals surface area contributed by atoms with E-state index in [0.29, 0.717) is 37.4 Å². The summed E-state index contributed by atoms with van der Waals surface area (Å²) in [7, 11) is 1.57. The first-order valence-corrected chi connectivity index (χ1v) is 12.5. The molecule has 8 nitrogen and oxygen atoms in total. The van der Waals surface area contributed by atoms with E-state index in [9.17, 15) is 18.8 Å². The quantitative estimate of drug-likeness (QED) is 0.540. The average molecular weight is 517 g/mol. The van der Waals surface area contributed by atoms with Crippen molar-refractivity contribution < 1.29 is 23.5 Å². The van der Waals surface area contributed by atoms with Crippen molar-refractivity contribution >= 4 is 29.1 Å². The van der Waals surface area contributed by atoms with E-state index in [0.717, 1.165) is 5.69 Å². The van der Waals surface area contributed by atoms with Crippen LogP contribution >= 0.6 is 0 Å². The Bertz CT molecular complexity index is 1320. The summed E-state index contributed by atoms with van der Waals surface area (Å²) in [5.41, 5.74) is 0.904. The number of nitrogens with zero attached hydrogens (tertiary/aromatic N) is 3. The van der Waals surface area contributed by atoms with Crippen molar-refractivity contribution in [2.75, 3.05) is 43.6 Å². The van der Waals surface area contributed by atoms with Crippen LogP contribution in [-0.2, 0) is 9.59 Å². The lowest BCUT2D eigenvalue weighted by Crippen LogP contribution is -2.57. The maximum Gasteiger partial charge on any atom is 0.253 e. The highest BCUT2D eigenvalue weighted by atomic mass is 19.1. The SMILES string of the molecule is COc1ccc(NC(=O)CN2CN(c3ccccc3)C3(CCN(C(=O)c4cccc(F)c4)CC3)C2=O)cc1. The van der Waals surface area contributed by atoms with Crippen LogP contribution in [0.2, 0.25) is 0 Å². The van der Waals surface area contributed by atoms with Crippen LogP contribution < -0.4 is 15.0 Å². The zero-order valence-electron chi connectivity index (χ0n) is 21.1. The Morgan fingerprint density at radius 1 is 0.974 bits per heavy atom. The Morgan fingerprint density at radius 3 is 2.34 bits per heavy atom. The minimum Gasteiger partial charge on any atom is -0.497 e. The molecule has 0 bridgehead atoms. The highest BCUT2D eigenvalue weighted by Gasteiger charge is 2.54. The van der Waals surface area contributed by atoms with Crippen LogP contribution in [0.15, 0.2) is 78.9 Å². The highest BCUT2D eigenvalue weighted by molar-refractivity contribution is 6.00. The number of ether oxygens (including phenoxy) is 1. The number of rotatable bonds is 6. The zero-order chi connectivity index (χ0) is 26.7. The maximum absolute atomic E-state index is 13.9. The number of methoxy groups -OCH3 is 1. The van der Waals surface area contributed by atoms with Gasteiger partial charge in [-0.1, -0.05) is 24.3 Å². The molecule has 2 aliphatic rings. The molecule has 3 aromatic carbocycles. The van der Waals surface area contributed by atoms with Gasteiger partial charge in [-0.2, -0.15) is 0 Å². The van der Waals surface area contributed by atoms with Gasteiger partial charge in [0.15, 0.2) is 0 Å². The summed E-state index contributed by atoms with van der Waals surface area (Å²) in [6.45, 7) is 0.852. The lowest BCUT2D eigenvalue weighted by molar-refractivity contribution is -0.136. The molecule has 9 heteroatoms. The van der Waals surface area contributed by atoms with Crippen molar-refractivity contribution in [1.82, 2.24) is 9.80 Å². The standard InChI is InChI=1S/C29H29FN4O4/c1-38-25-12-10-23(11-13-25)31-26(35)19-33-20-34(24-8-3-2-4-9-24)29(28(33)37)14-16-32(17-15-29)27(36)21-6-5-7-22(30)18-21/h2-13,18H,14-17,19-20H2,1H3,(H,31,35). The van der Waals surface area contributed by atoms with Crippen molar-refractivity contribution in [2.45, 2.75) is 18.4 Å². The first-order valence-electron chi connectivity index (χ1n) is 12.5. The van der Waals surface area contributed by atoms with Gasteiger partial charge in [0.25, 0.3) is 11.8 Å². The summed E-state index contributed by atoms with van der Waals surface area (Å²) in [5, 5.41) is 2.84. The number of anilines is 2. The van der Waals surface area contributed by atoms with Crippen LogP contribution in [0.4, 0.5) is 15.8 Å². The molecule has 2 heterocycles. The van der Waals surface area contributed by atoms with Gasteiger partial charge in [-0.05, 0) is 67.4 Å². The predicted octanol–water partition coefficient (Wildman–Crippen LogP) is 3.75. The minimum atomic E-state index is -0.875. The van der Waals surface area contributed by atoms with Crippen LogP contribution in [-0.4, -0.2) is 66.5 Å². The summed E-state index contributed by atoms with van der Waals surface area (Å²) in [5.74, 6) is -0.474. The number of amides is 3. The number of nitrogens with one attached hydrogen (secondary N) is 1. The fourth-order valence-corrected chi connectivity index (χ4v) is 5.25. The van der Waals surface area contributed by atoms with Crippen LogP contribution in [0.25, 0.3) is 0 Å². The third-order valence-corrected chi connectivity index (χ3v) is 7.24. The van der Waals surface area contributed by atoms with Gasteiger partial charge in [0.1, 0.15) is 23.7 Å². The molecule has 5 rings (SSSR count). The van der Waals surface area contributed by atoms with Gasteiger partial charge in [-0.3, -0.25) is 14.4 Å². The van der Waals surface area contributed by atoms with Crippen molar-refractivity contribution in [3.63, 3.8) is 0 Å². The lowest BCUT2D eigenvalue weighted by Gasteiger charge is -2.43. The third kappa shape index (κ3) is 4.91. The molecule has 3 aromatic rings. The van der Waals surface area contributed by atoms with Crippen LogP contribution in [0.3, 0.4) is 0 Å². The third-order valence-electron chi connectivity index (χ3n) is 7.24. The second kappa shape index (κ2) is 10.5. The minimum absolute atomic E-state index is 0.0954. The fraction of sp³-hybridized carbons (Fsp3) is 0.276. The number of para-hydroxylation sites is 1. The van der Waals surface area contributed by atoms with E-state index in [1.165, 1.54) is 18.2 Å². The number of piperidine rings is 1. The van der Waals surface area contributed by atoms with E-state index in [1.807, 2.05) is 35.2 Å². The van der Waals surface area contributed by atoms with E-state index in [-0.39, 0.29) is 36.5 Å². The second-order valence-corrected chi connectivity index (χ2v) is 9.52. The summed E-state index contributed by atoms with van der Waals surface area (Å²) in [6.07, 6.45) is 0.802. The number of carbonyl (C=O) groups is 3. The van der Waals surface area contributed by atoms with E-state index >= 15 is 0 Å². The first-order chi connectivity index (χ1) is 18.4. The molecule has 0 radical (unpaired) electrons. The Morgan fingerprint density at radius 2 is 1.68 bits per heavy atom. The number of benzene rings is 3. The number of carbonyl (C=O) groups excluding carboxylic acids is 3. The second-order valence-electron chi connectivity index (χ2n) is 9.52. The molecule has 1 N–H and O–H groups in total. The Balaban J connectivity index is 1.32. The summed E-state index contributed by atoms with van der Waals surface area (Å²) < 4.78 is 18.8. The fourth-order valence-electron chi connectivity index (χ4n) is 5.25. The molecule has 38 heavy (non-hydrogen) atoms. The molecular weight excluding hydrogens is 487 g/mol. The summed E-state index contributed by atoms with van der Waals surface area (Å²) >= 11 is 0. The van der Waals surface area contributed by atoms with Gasteiger partial charge in [-0.15, -0.1) is 0 Å². The highest BCUT2D eigenvalue weighted by Crippen LogP contribution is 2.39. The number of halogens is 1. The van der Waals surface area contributed by atoms with Gasteiger partial charge < -0.3 is 24.8 Å². The van der Waals surface area contributed by atoms with Gasteiger partial charge in [0.2, 0.25) is 5.91 Å². The number of hydrogen-bond donors (Lipinski definition) is 1. The van der Waals surface area contributed by atoms with E-state index in [2.05, 4.69) is 5.32 Å². The molecule has 0 aliphatic carbocycles. The first kappa shape index (κ1) is 25.3. The monoisotopic (exact) mass is 516 g/mol. The smallest absolute Gasteiger partial charge is 0.253 e. The largest absolute Gasteiger partial charge is 0.497 e. The van der Waals surface area contributed by atoms with Crippen molar-refractivity contribution in [3.05, 3.63) is 90.2 Å².